The van der Waals surface area contributed by atoms with Gasteiger partial charge in [0.25, 0.3) is 0 Å². The fourth-order valence-corrected chi connectivity index (χ4v) is 3.22. The van der Waals surface area contributed by atoms with E-state index in [9.17, 15) is 0 Å². The number of benzene rings is 1. The molecule has 0 atom stereocenters. The van der Waals surface area contributed by atoms with Gasteiger partial charge in [0, 0.05) is 42.4 Å². The van der Waals surface area contributed by atoms with Gasteiger partial charge in [-0.05, 0) is 38.5 Å². The molecule has 21 heavy (non-hydrogen) atoms. The second-order valence-electron chi connectivity index (χ2n) is 6.55. The summed E-state index contributed by atoms with van der Waals surface area (Å²) in [7, 11) is 0. The molecule has 0 spiro atoms. The van der Waals surface area contributed by atoms with Crippen molar-refractivity contribution >= 4 is 11.8 Å². The molecular weight excluding hydrogens is 280 g/mol. The topological polar surface area (TPSA) is 24.5 Å². The third-order valence-corrected chi connectivity index (χ3v) is 4.48. The summed E-state index contributed by atoms with van der Waals surface area (Å²) in [6.45, 7) is 12.6. The first-order valence-corrected chi connectivity index (χ1v) is 8.78. The number of morpholine rings is 1. The summed E-state index contributed by atoms with van der Waals surface area (Å²) in [6.07, 6.45) is 0. The lowest BCUT2D eigenvalue weighted by atomic mass is 10.1. The Morgan fingerprint density at radius 3 is 2.71 bits per heavy atom. The van der Waals surface area contributed by atoms with Gasteiger partial charge >= 0.3 is 0 Å². The van der Waals surface area contributed by atoms with Crippen molar-refractivity contribution in [3.63, 3.8) is 0 Å². The van der Waals surface area contributed by atoms with Crippen LogP contribution < -0.4 is 5.32 Å². The number of hydrogen-bond acceptors (Lipinski definition) is 4. The Morgan fingerprint density at radius 2 is 2.00 bits per heavy atom. The van der Waals surface area contributed by atoms with Gasteiger partial charge in [-0.25, -0.2) is 0 Å². The highest BCUT2D eigenvalue weighted by molar-refractivity contribution is 7.99. The number of rotatable bonds is 6. The predicted molar refractivity (Wildman–Crippen MR) is 91.0 cm³/mol. The van der Waals surface area contributed by atoms with Crippen molar-refractivity contribution in [1.29, 1.82) is 0 Å². The van der Waals surface area contributed by atoms with Gasteiger partial charge in [-0.1, -0.05) is 12.1 Å². The quantitative estimate of drug-likeness (QED) is 0.817. The molecular formula is C17H28N2OS. The highest BCUT2D eigenvalue weighted by atomic mass is 32.2. The first kappa shape index (κ1) is 16.8. The maximum atomic E-state index is 5.38. The minimum absolute atomic E-state index is 0.166. The molecule has 118 valence electrons. The zero-order chi connectivity index (χ0) is 15.1. The second kappa shape index (κ2) is 8.18. The molecule has 1 aliphatic rings. The van der Waals surface area contributed by atoms with E-state index in [1.165, 1.54) is 10.5 Å². The fourth-order valence-electron chi connectivity index (χ4n) is 2.23. The molecule has 4 heteroatoms. The van der Waals surface area contributed by atoms with Crippen LogP contribution in [0.15, 0.2) is 29.2 Å². The maximum Gasteiger partial charge on any atom is 0.0594 e. The van der Waals surface area contributed by atoms with Crippen molar-refractivity contribution in [2.24, 2.45) is 0 Å². The number of hydrogen-bond donors (Lipinski definition) is 1. The van der Waals surface area contributed by atoms with Gasteiger partial charge in [0.15, 0.2) is 0 Å². The molecule has 1 aromatic carbocycles. The van der Waals surface area contributed by atoms with E-state index in [4.69, 9.17) is 4.74 Å². The summed E-state index contributed by atoms with van der Waals surface area (Å²) in [5.74, 6) is 1.15. The molecule has 1 N–H and O–H groups in total. The SMILES string of the molecule is CC(C)(C)NCc1cccc(SCCN2CCOCC2)c1. The van der Waals surface area contributed by atoms with E-state index in [-0.39, 0.29) is 5.54 Å². The van der Waals surface area contributed by atoms with Crippen molar-refractivity contribution in [1.82, 2.24) is 10.2 Å². The lowest BCUT2D eigenvalue weighted by molar-refractivity contribution is 0.0410. The predicted octanol–water partition coefficient (Wildman–Crippen LogP) is 3.00. The Balaban J connectivity index is 1.75. The Hall–Kier alpha value is -0.550. The monoisotopic (exact) mass is 308 g/mol. The molecule has 1 saturated heterocycles. The van der Waals surface area contributed by atoms with Crippen molar-refractivity contribution in [3.8, 4) is 0 Å². The average Bonchev–Trinajstić information content (AvgIpc) is 2.46. The molecule has 0 unspecified atom stereocenters. The maximum absolute atomic E-state index is 5.38. The van der Waals surface area contributed by atoms with Gasteiger partial charge in [0.1, 0.15) is 0 Å². The van der Waals surface area contributed by atoms with Crippen LogP contribution >= 0.6 is 11.8 Å². The average molecular weight is 308 g/mol. The van der Waals surface area contributed by atoms with Crippen LogP contribution in [0.2, 0.25) is 0 Å². The van der Waals surface area contributed by atoms with Gasteiger partial charge in [-0.3, -0.25) is 4.90 Å². The largest absolute Gasteiger partial charge is 0.379 e. The van der Waals surface area contributed by atoms with Gasteiger partial charge in [-0.2, -0.15) is 0 Å². The number of nitrogens with zero attached hydrogens (tertiary/aromatic N) is 1. The molecule has 3 nitrogen and oxygen atoms in total. The zero-order valence-electron chi connectivity index (χ0n) is 13.5. The van der Waals surface area contributed by atoms with Crippen LogP contribution in [0.5, 0.6) is 0 Å². The first-order valence-electron chi connectivity index (χ1n) is 7.80. The van der Waals surface area contributed by atoms with E-state index in [1.54, 1.807) is 0 Å². The number of nitrogens with one attached hydrogen (secondary N) is 1. The first-order chi connectivity index (χ1) is 10.0. The third kappa shape index (κ3) is 6.83. The highest BCUT2D eigenvalue weighted by Gasteiger charge is 2.10. The smallest absolute Gasteiger partial charge is 0.0594 e. The second-order valence-corrected chi connectivity index (χ2v) is 7.72. The molecule has 0 saturated carbocycles. The minimum Gasteiger partial charge on any atom is -0.379 e. The standard InChI is InChI=1S/C17H28N2OS/c1-17(2,3)18-14-15-5-4-6-16(13-15)21-12-9-19-7-10-20-11-8-19/h4-6,13,18H,7-12,14H2,1-3H3. The lowest BCUT2D eigenvalue weighted by Gasteiger charge is -2.26. The summed E-state index contributed by atoms with van der Waals surface area (Å²) in [5, 5.41) is 3.54. The molecule has 0 radical (unpaired) electrons. The minimum atomic E-state index is 0.166. The van der Waals surface area contributed by atoms with Crippen molar-refractivity contribution in [3.05, 3.63) is 29.8 Å². The van der Waals surface area contributed by atoms with Gasteiger partial charge in [0.05, 0.1) is 13.2 Å². The zero-order valence-corrected chi connectivity index (χ0v) is 14.3. The Labute approximate surface area is 133 Å². The van der Waals surface area contributed by atoms with Crippen LogP contribution in [0.4, 0.5) is 0 Å². The summed E-state index contributed by atoms with van der Waals surface area (Å²) in [4.78, 5) is 3.86. The van der Waals surface area contributed by atoms with Crippen LogP contribution in [0.25, 0.3) is 0 Å². The van der Waals surface area contributed by atoms with Crippen LogP contribution in [-0.4, -0.2) is 49.0 Å². The van der Waals surface area contributed by atoms with E-state index in [2.05, 4.69) is 55.3 Å². The molecule has 2 rings (SSSR count). The number of ether oxygens (including phenoxy) is 1. The molecule has 1 aliphatic heterocycles. The van der Waals surface area contributed by atoms with Crippen LogP contribution in [0.3, 0.4) is 0 Å². The molecule has 0 bridgehead atoms. The molecule has 1 fully saturated rings. The van der Waals surface area contributed by atoms with Crippen molar-refractivity contribution in [2.45, 2.75) is 37.8 Å². The van der Waals surface area contributed by atoms with Crippen molar-refractivity contribution in [2.75, 3.05) is 38.6 Å². The molecule has 1 aromatic rings. The molecule has 0 aromatic heterocycles. The Kier molecular flexibility index (Phi) is 6.55. The van der Waals surface area contributed by atoms with E-state index in [1.807, 2.05) is 11.8 Å². The number of thioether (sulfide) groups is 1. The van der Waals surface area contributed by atoms with Crippen molar-refractivity contribution < 1.29 is 4.74 Å². The molecule has 0 amide bonds. The summed E-state index contributed by atoms with van der Waals surface area (Å²) in [6, 6.07) is 8.88. The molecule has 0 aliphatic carbocycles. The fraction of sp³-hybridized carbons (Fsp3) is 0.647. The highest BCUT2D eigenvalue weighted by Crippen LogP contribution is 2.19. The van der Waals surface area contributed by atoms with Gasteiger partial charge < -0.3 is 10.1 Å². The normalized spacial score (nSPS) is 17.1. The van der Waals surface area contributed by atoms with Gasteiger partial charge in [-0.15, -0.1) is 11.8 Å². The van der Waals surface area contributed by atoms with Crippen LogP contribution in [-0.2, 0) is 11.3 Å². The third-order valence-electron chi connectivity index (χ3n) is 3.50. The van der Waals surface area contributed by atoms with E-state index in [0.717, 1.165) is 45.1 Å². The summed E-state index contributed by atoms with van der Waals surface area (Å²) < 4.78 is 5.38. The Morgan fingerprint density at radius 1 is 1.24 bits per heavy atom. The van der Waals surface area contributed by atoms with E-state index in [0.29, 0.717) is 0 Å². The van der Waals surface area contributed by atoms with Gasteiger partial charge in [0.2, 0.25) is 0 Å². The van der Waals surface area contributed by atoms with Crippen LogP contribution in [0.1, 0.15) is 26.3 Å². The Bertz CT molecular complexity index is 425. The molecule has 1 heterocycles. The van der Waals surface area contributed by atoms with E-state index < -0.39 is 0 Å². The van der Waals surface area contributed by atoms with E-state index >= 15 is 0 Å². The summed E-state index contributed by atoms with van der Waals surface area (Å²) >= 11 is 1.95. The summed E-state index contributed by atoms with van der Waals surface area (Å²) in [5.41, 5.74) is 1.53. The lowest BCUT2D eigenvalue weighted by Crippen LogP contribution is -2.37. The van der Waals surface area contributed by atoms with Crippen LogP contribution in [0, 0.1) is 0 Å².